The van der Waals surface area contributed by atoms with Gasteiger partial charge in [0.15, 0.2) is 0 Å². The van der Waals surface area contributed by atoms with Gasteiger partial charge in [-0.2, -0.15) is 5.26 Å². The zero-order valence-corrected chi connectivity index (χ0v) is 32.7. The van der Waals surface area contributed by atoms with Gasteiger partial charge in [0.2, 0.25) is 0 Å². The Hall–Kier alpha value is -5.74. The first kappa shape index (κ1) is 40.4. The monoisotopic (exact) mass is 767 g/mol. The van der Waals surface area contributed by atoms with Gasteiger partial charge < -0.3 is 15.1 Å². The predicted octanol–water partition coefficient (Wildman–Crippen LogP) is 13.4. The highest BCUT2D eigenvalue weighted by atomic mass is 32.1. The summed E-state index contributed by atoms with van der Waals surface area (Å²) >= 11 is 2.86. The van der Waals surface area contributed by atoms with Crippen LogP contribution in [-0.4, -0.2) is 22.2 Å². The molecule has 3 aromatic carbocycles. The number of carboxylic acid groups (broad SMARTS) is 2. The Balaban J connectivity index is 1.34. The summed E-state index contributed by atoms with van der Waals surface area (Å²) in [4.78, 5) is 31.3. The fourth-order valence-corrected chi connectivity index (χ4v) is 8.26. The largest absolute Gasteiger partial charge is 0.486 e. The van der Waals surface area contributed by atoms with Crippen LogP contribution in [0.4, 0.5) is 17.1 Å². The van der Waals surface area contributed by atoms with Crippen LogP contribution >= 0.6 is 22.7 Å². The number of carboxylic acids is 2. The molecule has 0 saturated carbocycles. The number of hydrogen-bond donors (Lipinski definition) is 2. The van der Waals surface area contributed by atoms with Crippen LogP contribution in [0.5, 0.6) is 0 Å². The molecule has 5 aromatic rings. The van der Waals surface area contributed by atoms with Crippen molar-refractivity contribution in [3.63, 3.8) is 0 Å². The van der Waals surface area contributed by atoms with Gasteiger partial charge in [0.1, 0.15) is 11.6 Å². The topological polar surface area (TPSA) is 106 Å². The molecule has 2 heterocycles. The van der Waals surface area contributed by atoms with Crippen LogP contribution in [0.2, 0.25) is 0 Å². The molecule has 0 amide bonds. The predicted molar refractivity (Wildman–Crippen MR) is 227 cm³/mol. The summed E-state index contributed by atoms with van der Waals surface area (Å²) in [6, 6.07) is 34.6. The minimum atomic E-state index is -1.25. The number of nitriles is 1. The molecular weight excluding hydrogens is 723 g/mol. The van der Waals surface area contributed by atoms with Crippen LogP contribution in [0, 0.1) is 17.9 Å². The number of anilines is 3. The van der Waals surface area contributed by atoms with Gasteiger partial charge in [0, 0.05) is 36.6 Å². The Kier molecular flexibility index (Phi) is 15.2. The van der Waals surface area contributed by atoms with Crippen molar-refractivity contribution >= 4 is 63.8 Å². The van der Waals surface area contributed by atoms with E-state index >= 15 is 0 Å². The number of thiophene rings is 2. The smallest absolute Gasteiger partial charge is 0.346 e. The fraction of sp³-hybridized carbons (Fsp3) is 0.261. The quantitative estimate of drug-likeness (QED) is 0.0353. The second kappa shape index (κ2) is 20.6. The molecule has 0 saturated heterocycles. The van der Waals surface area contributed by atoms with E-state index in [0.717, 1.165) is 44.4 Å². The van der Waals surface area contributed by atoms with Crippen molar-refractivity contribution in [1.82, 2.24) is 0 Å². The van der Waals surface area contributed by atoms with Crippen LogP contribution in [0.15, 0.2) is 108 Å². The third-order valence-electron chi connectivity index (χ3n) is 9.34. The molecule has 0 unspecified atom stereocenters. The second-order valence-electron chi connectivity index (χ2n) is 13.4. The third kappa shape index (κ3) is 11.6. The summed E-state index contributed by atoms with van der Waals surface area (Å²) < 4.78 is 0. The minimum absolute atomic E-state index is 0.302. The van der Waals surface area contributed by atoms with Crippen molar-refractivity contribution in [2.75, 3.05) is 4.90 Å². The Morgan fingerprint density at radius 1 is 0.655 bits per heavy atom. The van der Waals surface area contributed by atoms with E-state index in [-0.39, 0.29) is 11.3 Å². The van der Waals surface area contributed by atoms with Crippen molar-refractivity contribution in [1.29, 1.82) is 5.26 Å². The van der Waals surface area contributed by atoms with Crippen molar-refractivity contribution in [2.24, 2.45) is 0 Å². The lowest BCUT2D eigenvalue weighted by atomic mass is 10.0. The SMILES string of the molecule is [C-]#[N+]C(=Cc1ccc(-c2ccc(N(c3ccc(CCCCCCCCCCCC)cc3)c3ccc(-c4ccc(C=C(C#N)C(=O)O)s4)cc3)cc2)s1)C(=O)O. The van der Waals surface area contributed by atoms with Gasteiger partial charge in [-0.05, 0) is 102 Å². The number of nitrogens with zero attached hydrogens (tertiary/aromatic N) is 3. The zero-order chi connectivity index (χ0) is 39.0. The summed E-state index contributed by atoms with van der Waals surface area (Å²) in [5.74, 6) is -2.48. The Labute approximate surface area is 332 Å². The van der Waals surface area contributed by atoms with Crippen LogP contribution < -0.4 is 4.90 Å². The van der Waals surface area contributed by atoms with E-state index in [1.54, 1.807) is 6.07 Å². The van der Waals surface area contributed by atoms with Gasteiger partial charge in [-0.1, -0.05) is 101 Å². The van der Waals surface area contributed by atoms with Gasteiger partial charge in [0.05, 0.1) is 6.57 Å². The van der Waals surface area contributed by atoms with Gasteiger partial charge in [-0.3, -0.25) is 4.79 Å². The number of aryl methyl sites for hydroxylation is 1. The highest BCUT2D eigenvalue weighted by molar-refractivity contribution is 7.16. The maximum atomic E-state index is 11.3. The summed E-state index contributed by atoms with van der Waals surface area (Å²) in [5, 5.41) is 27.7. The number of hydrogen-bond acceptors (Lipinski definition) is 6. The Bertz CT molecular complexity index is 2060. The molecule has 7 nitrogen and oxygen atoms in total. The standard InChI is InChI=1S/C46H45N3O4S2/c1-3-4-5-6-7-8-9-10-11-12-13-33-14-20-37(21-15-33)49(38-22-16-34(17-23-38)43-28-26-40(54-43)30-36(32-47)45(50)51)39-24-18-35(19-25-39)44-29-27-41(55-44)31-42(48-2)46(52)53/h14-31H,3-13H2,1H3,(H,50,51)(H,52,53). The first-order valence-electron chi connectivity index (χ1n) is 18.8. The summed E-state index contributed by atoms with van der Waals surface area (Å²) in [6.45, 7) is 9.41. The molecule has 0 aliphatic carbocycles. The first-order valence-corrected chi connectivity index (χ1v) is 20.4. The number of unbranched alkanes of at least 4 members (excludes halogenated alkanes) is 9. The van der Waals surface area contributed by atoms with E-state index in [9.17, 15) is 19.8 Å². The lowest BCUT2D eigenvalue weighted by Crippen LogP contribution is -2.10. The zero-order valence-electron chi connectivity index (χ0n) is 31.0. The van der Waals surface area contributed by atoms with E-state index < -0.39 is 11.9 Å². The molecule has 280 valence electrons. The van der Waals surface area contributed by atoms with Gasteiger partial charge in [-0.15, -0.1) is 22.7 Å². The fourth-order valence-electron chi connectivity index (χ4n) is 6.36. The molecule has 0 bridgehead atoms. The molecule has 0 radical (unpaired) electrons. The number of carbonyl (C=O) groups is 2. The van der Waals surface area contributed by atoms with Crippen molar-refractivity contribution in [3.05, 3.63) is 135 Å². The van der Waals surface area contributed by atoms with E-state index in [1.165, 1.54) is 105 Å². The van der Waals surface area contributed by atoms with Crippen LogP contribution in [0.3, 0.4) is 0 Å². The van der Waals surface area contributed by atoms with Gasteiger partial charge >= 0.3 is 11.9 Å². The highest BCUT2D eigenvalue weighted by Crippen LogP contribution is 2.39. The van der Waals surface area contributed by atoms with Crippen molar-refractivity contribution in [2.45, 2.75) is 77.6 Å². The van der Waals surface area contributed by atoms with E-state index in [2.05, 4.69) is 77.3 Å². The lowest BCUT2D eigenvalue weighted by Gasteiger charge is -2.26. The average Bonchev–Trinajstić information content (AvgIpc) is 3.88. The van der Waals surface area contributed by atoms with Gasteiger partial charge in [-0.25, -0.2) is 9.64 Å². The molecule has 9 heteroatoms. The second-order valence-corrected chi connectivity index (χ2v) is 15.6. The summed E-state index contributed by atoms with van der Waals surface area (Å²) in [5.41, 5.74) is 5.64. The highest BCUT2D eigenvalue weighted by Gasteiger charge is 2.15. The molecule has 0 spiro atoms. The number of aliphatic carboxylic acids is 2. The molecular formula is C46H45N3O4S2. The molecule has 0 aliphatic heterocycles. The molecule has 55 heavy (non-hydrogen) atoms. The van der Waals surface area contributed by atoms with Crippen molar-refractivity contribution in [3.8, 4) is 27.0 Å². The summed E-state index contributed by atoms with van der Waals surface area (Å²) in [7, 11) is 0. The normalized spacial score (nSPS) is 11.5. The molecule has 0 fully saturated rings. The van der Waals surface area contributed by atoms with Crippen LogP contribution in [-0.2, 0) is 16.0 Å². The molecule has 0 aliphatic rings. The summed E-state index contributed by atoms with van der Waals surface area (Å²) in [6.07, 6.45) is 17.0. The van der Waals surface area contributed by atoms with Crippen molar-refractivity contribution < 1.29 is 19.8 Å². The third-order valence-corrected chi connectivity index (χ3v) is 11.5. The average molecular weight is 768 g/mol. The molecule has 0 atom stereocenters. The first-order chi connectivity index (χ1) is 26.8. The minimum Gasteiger partial charge on any atom is -0.486 e. The maximum absolute atomic E-state index is 11.3. The van der Waals surface area contributed by atoms with Crippen LogP contribution in [0.1, 0.15) is 86.4 Å². The molecule has 5 rings (SSSR count). The van der Waals surface area contributed by atoms with E-state index in [4.69, 9.17) is 11.8 Å². The van der Waals surface area contributed by atoms with E-state index in [1.807, 2.05) is 36.4 Å². The number of benzene rings is 3. The maximum Gasteiger partial charge on any atom is 0.346 e. The molecule has 2 N–H and O–H groups in total. The Morgan fingerprint density at radius 3 is 1.55 bits per heavy atom. The Morgan fingerprint density at radius 2 is 1.11 bits per heavy atom. The van der Waals surface area contributed by atoms with Crippen LogP contribution in [0.25, 0.3) is 37.9 Å². The number of rotatable bonds is 20. The lowest BCUT2D eigenvalue weighted by molar-refractivity contribution is -0.133. The van der Waals surface area contributed by atoms with Gasteiger partial charge in [0.25, 0.3) is 5.70 Å². The van der Waals surface area contributed by atoms with E-state index in [0.29, 0.717) is 9.75 Å². The molecule has 2 aromatic heterocycles.